The van der Waals surface area contributed by atoms with E-state index < -0.39 is 5.66 Å². The topological polar surface area (TPSA) is 75.6 Å². The SMILES string of the molecule is CCN1C(=O)C(N)(N)C(=C(C)C)N1CC. The number of likely N-dealkylation sites (N-methyl/N-ethyl adjacent to an activating group) is 2. The Bertz CT molecular complexity index is 305. The molecule has 1 aliphatic heterocycles. The highest BCUT2D eigenvalue weighted by Gasteiger charge is 2.49. The van der Waals surface area contributed by atoms with Crippen LogP contribution in [-0.4, -0.2) is 34.7 Å². The molecule has 0 aliphatic carbocycles. The van der Waals surface area contributed by atoms with Crippen molar-refractivity contribution >= 4 is 5.91 Å². The summed E-state index contributed by atoms with van der Waals surface area (Å²) in [4.78, 5) is 11.9. The zero-order valence-electron chi connectivity index (χ0n) is 9.87. The third-order valence-corrected chi connectivity index (χ3v) is 2.60. The number of nitrogens with two attached hydrogens (primary N) is 2. The van der Waals surface area contributed by atoms with Gasteiger partial charge in [-0.2, -0.15) is 0 Å². The lowest BCUT2D eigenvalue weighted by Gasteiger charge is -2.28. The number of allylic oxidation sites excluding steroid dienone is 1. The highest BCUT2D eigenvalue weighted by Crippen LogP contribution is 2.29. The lowest BCUT2D eigenvalue weighted by Crippen LogP contribution is -2.57. The van der Waals surface area contributed by atoms with Crippen molar-refractivity contribution in [3.05, 3.63) is 11.3 Å². The van der Waals surface area contributed by atoms with E-state index >= 15 is 0 Å². The number of carbonyl (C=O) groups excluding carboxylic acids is 1. The number of hydrazine groups is 1. The van der Waals surface area contributed by atoms with Crippen LogP contribution in [0.3, 0.4) is 0 Å². The Morgan fingerprint density at radius 3 is 2.00 bits per heavy atom. The number of rotatable bonds is 2. The van der Waals surface area contributed by atoms with Crippen LogP contribution in [0.4, 0.5) is 0 Å². The first-order valence-electron chi connectivity index (χ1n) is 5.23. The number of hydrogen-bond acceptors (Lipinski definition) is 4. The molecule has 1 saturated heterocycles. The Kier molecular flexibility index (Phi) is 3.06. The maximum absolute atomic E-state index is 11.9. The normalized spacial score (nSPS) is 20.1. The minimum Gasteiger partial charge on any atom is -0.300 e. The molecule has 1 heterocycles. The monoisotopic (exact) mass is 212 g/mol. The fourth-order valence-corrected chi connectivity index (χ4v) is 2.07. The lowest BCUT2D eigenvalue weighted by molar-refractivity contribution is -0.139. The Balaban J connectivity index is 3.27. The number of amides is 1. The van der Waals surface area contributed by atoms with Crippen LogP contribution in [0.15, 0.2) is 11.3 Å². The van der Waals surface area contributed by atoms with Gasteiger partial charge in [-0.25, -0.2) is 0 Å². The molecular formula is C10H20N4O. The van der Waals surface area contributed by atoms with Gasteiger partial charge in [0.15, 0.2) is 5.66 Å². The van der Waals surface area contributed by atoms with Crippen LogP contribution in [0.2, 0.25) is 0 Å². The summed E-state index contributed by atoms with van der Waals surface area (Å²) in [5, 5.41) is 3.46. The molecule has 86 valence electrons. The largest absolute Gasteiger partial charge is 0.300 e. The van der Waals surface area contributed by atoms with Crippen molar-refractivity contribution in [1.82, 2.24) is 10.0 Å². The highest BCUT2D eigenvalue weighted by atomic mass is 16.2. The fourth-order valence-electron chi connectivity index (χ4n) is 2.07. The molecule has 5 heteroatoms. The molecule has 0 aromatic rings. The Labute approximate surface area is 90.7 Å². The van der Waals surface area contributed by atoms with Gasteiger partial charge >= 0.3 is 0 Å². The molecule has 0 bridgehead atoms. The maximum Gasteiger partial charge on any atom is 0.282 e. The average molecular weight is 212 g/mol. The van der Waals surface area contributed by atoms with E-state index in [9.17, 15) is 4.79 Å². The molecule has 0 saturated carbocycles. The van der Waals surface area contributed by atoms with Gasteiger partial charge in [-0.15, -0.1) is 0 Å². The predicted molar refractivity (Wildman–Crippen MR) is 59.2 cm³/mol. The first kappa shape index (κ1) is 12.0. The Hall–Kier alpha value is -1.07. The first-order chi connectivity index (χ1) is 6.87. The molecule has 1 amide bonds. The summed E-state index contributed by atoms with van der Waals surface area (Å²) in [6.45, 7) is 8.98. The van der Waals surface area contributed by atoms with E-state index in [1.807, 2.05) is 32.7 Å². The number of carbonyl (C=O) groups is 1. The molecule has 0 radical (unpaired) electrons. The van der Waals surface area contributed by atoms with Gasteiger partial charge in [-0.3, -0.25) is 14.8 Å². The molecule has 4 N–H and O–H groups in total. The van der Waals surface area contributed by atoms with Crippen LogP contribution >= 0.6 is 0 Å². The number of hydrogen-bond donors (Lipinski definition) is 2. The molecule has 0 aromatic carbocycles. The van der Waals surface area contributed by atoms with Crippen molar-refractivity contribution in [3.8, 4) is 0 Å². The summed E-state index contributed by atoms with van der Waals surface area (Å²) >= 11 is 0. The summed E-state index contributed by atoms with van der Waals surface area (Å²) in [5.74, 6) is -0.233. The maximum atomic E-state index is 11.9. The van der Waals surface area contributed by atoms with Gasteiger partial charge in [0.1, 0.15) is 0 Å². The van der Waals surface area contributed by atoms with Crippen molar-refractivity contribution in [3.63, 3.8) is 0 Å². The summed E-state index contributed by atoms with van der Waals surface area (Å²) in [5.41, 5.74) is 12.1. The molecule has 15 heavy (non-hydrogen) atoms. The van der Waals surface area contributed by atoms with E-state index in [1.54, 1.807) is 5.01 Å². The minimum atomic E-state index is -1.37. The third-order valence-electron chi connectivity index (χ3n) is 2.60. The average Bonchev–Trinajstić information content (AvgIpc) is 2.34. The Morgan fingerprint density at radius 2 is 1.67 bits per heavy atom. The van der Waals surface area contributed by atoms with Gasteiger partial charge in [0.2, 0.25) is 0 Å². The molecule has 0 atom stereocenters. The van der Waals surface area contributed by atoms with Crippen LogP contribution in [0, 0.1) is 0 Å². The first-order valence-corrected chi connectivity index (χ1v) is 5.23. The van der Waals surface area contributed by atoms with Crippen LogP contribution in [0.25, 0.3) is 0 Å². The lowest BCUT2D eigenvalue weighted by atomic mass is 10.1. The second kappa shape index (κ2) is 3.83. The van der Waals surface area contributed by atoms with E-state index in [1.165, 1.54) is 0 Å². The quantitative estimate of drug-likeness (QED) is 0.631. The summed E-state index contributed by atoms with van der Waals surface area (Å²) in [7, 11) is 0. The van der Waals surface area contributed by atoms with Gasteiger partial charge in [0, 0.05) is 13.1 Å². The molecule has 1 rings (SSSR count). The number of nitrogens with zero attached hydrogens (tertiary/aromatic N) is 2. The van der Waals surface area contributed by atoms with E-state index in [4.69, 9.17) is 11.5 Å². The van der Waals surface area contributed by atoms with Gasteiger partial charge in [-0.1, -0.05) is 5.57 Å². The predicted octanol–water partition coefficient (Wildman–Crippen LogP) is -0.00700. The standard InChI is InChI=1S/C10H20N4O/c1-5-13-8(7(3)4)10(11,12)9(15)14(13)6-2/h5-6,11-12H2,1-4H3. The molecule has 1 fully saturated rings. The fraction of sp³-hybridized carbons (Fsp3) is 0.700. The summed E-state index contributed by atoms with van der Waals surface area (Å²) < 4.78 is 0. The summed E-state index contributed by atoms with van der Waals surface area (Å²) in [6, 6.07) is 0. The highest BCUT2D eigenvalue weighted by molar-refractivity contribution is 5.91. The zero-order chi connectivity index (χ0) is 11.8. The van der Waals surface area contributed by atoms with Crippen molar-refractivity contribution in [2.45, 2.75) is 33.4 Å². The zero-order valence-corrected chi connectivity index (χ0v) is 9.87. The molecule has 5 nitrogen and oxygen atoms in total. The third kappa shape index (κ3) is 1.61. The molecular weight excluding hydrogens is 192 g/mol. The van der Waals surface area contributed by atoms with Crippen LogP contribution in [0.5, 0.6) is 0 Å². The van der Waals surface area contributed by atoms with Crippen molar-refractivity contribution in [1.29, 1.82) is 0 Å². The van der Waals surface area contributed by atoms with Gasteiger partial charge in [-0.05, 0) is 27.7 Å². The molecule has 1 aliphatic rings. The van der Waals surface area contributed by atoms with Gasteiger partial charge < -0.3 is 11.5 Å². The second-order valence-corrected chi connectivity index (χ2v) is 3.95. The van der Waals surface area contributed by atoms with E-state index in [-0.39, 0.29) is 5.91 Å². The Morgan fingerprint density at radius 1 is 1.20 bits per heavy atom. The van der Waals surface area contributed by atoms with Gasteiger partial charge in [0.05, 0.1) is 5.70 Å². The van der Waals surface area contributed by atoms with Crippen molar-refractivity contribution in [2.24, 2.45) is 11.5 Å². The van der Waals surface area contributed by atoms with E-state index in [0.29, 0.717) is 13.1 Å². The van der Waals surface area contributed by atoms with E-state index in [2.05, 4.69) is 0 Å². The molecule has 0 aromatic heterocycles. The van der Waals surface area contributed by atoms with Crippen LogP contribution < -0.4 is 11.5 Å². The smallest absolute Gasteiger partial charge is 0.282 e. The molecule has 0 spiro atoms. The van der Waals surface area contributed by atoms with Gasteiger partial charge in [0.25, 0.3) is 5.91 Å². The van der Waals surface area contributed by atoms with Crippen LogP contribution in [0.1, 0.15) is 27.7 Å². The second-order valence-electron chi connectivity index (χ2n) is 3.95. The minimum absolute atomic E-state index is 0.233. The summed E-state index contributed by atoms with van der Waals surface area (Å²) in [6.07, 6.45) is 0. The molecule has 0 unspecified atom stereocenters. The van der Waals surface area contributed by atoms with Crippen molar-refractivity contribution in [2.75, 3.05) is 13.1 Å². The van der Waals surface area contributed by atoms with Crippen LogP contribution in [-0.2, 0) is 4.79 Å². The van der Waals surface area contributed by atoms with E-state index in [0.717, 1.165) is 11.3 Å². The van der Waals surface area contributed by atoms with Crippen molar-refractivity contribution < 1.29 is 4.79 Å².